The van der Waals surface area contributed by atoms with E-state index in [2.05, 4.69) is 9.98 Å². The van der Waals surface area contributed by atoms with E-state index in [1.54, 1.807) is 31.2 Å². The average molecular weight is 438 g/mol. The van der Waals surface area contributed by atoms with Crippen molar-refractivity contribution in [3.8, 4) is 11.6 Å². The highest BCUT2D eigenvalue weighted by Crippen LogP contribution is 2.32. The Morgan fingerprint density at radius 3 is 2.69 bits per heavy atom. The van der Waals surface area contributed by atoms with Gasteiger partial charge in [0.15, 0.2) is 5.84 Å². The van der Waals surface area contributed by atoms with Crippen LogP contribution in [0.1, 0.15) is 16.8 Å². The third kappa shape index (κ3) is 5.20. The SMILES string of the molecule is Cc1ccc(C(=NCc2cc(F)ccc2F)NO)c(Oc2cc(Cl)ccc2Cl)n1. The van der Waals surface area contributed by atoms with Crippen LogP contribution in [0.5, 0.6) is 11.6 Å². The first-order valence-electron chi connectivity index (χ1n) is 8.37. The number of aliphatic imine (C=N–C) groups is 1. The van der Waals surface area contributed by atoms with Crippen molar-refractivity contribution in [1.29, 1.82) is 0 Å². The van der Waals surface area contributed by atoms with E-state index in [0.29, 0.717) is 15.7 Å². The van der Waals surface area contributed by atoms with Crippen LogP contribution < -0.4 is 10.2 Å². The fourth-order valence-corrected chi connectivity index (χ4v) is 2.78. The Hall–Kier alpha value is -2.74. The first-order chi connectivity index (χ1) is 13.9. The Morgan fingerprint density at radius 2 is 1.93 bits per heavy atom. The van der Waals surface area contributed by atoms with Crippen LogP contribution in [0.3, 0.4) is 0 Å². The normalized spacial score (nSPS) is 11.4. The number of rotatable bonds is 5. The zero-order chi connectivity index (χ0) is 21.0. The van der Waals surface area contributed by atoms with Crippen LogP contribution in [0.2, 0.25) is 10.0 Å². The molecule has 2 aromatic carbocycles. The molecule has 29 heavy (non-hydrogen) atoms. The van der Waals surface area contributed by atoms with E-state index in [1.807, 2.05) is 5.48 Å². The fourth-order valence-electron chi connectivity index (χ4n) is 2.46. The van der Waals surface area contributed by atoms with Gasteiger partial charge in [-0.3, -0.25) is 15.7 Å². The van der Waals surface area contributed by atoms with Gasteiger partial charge in [0.05, 0.1) is 17.1 Å². The molecule has 3 aromatic rings. The Labute approximate surface area is 175 Å². The zero-order valence-electron chi connectivity index (χ0n) is 15.1. The quantitative estimate of drug-likeness (QED) is 0.305. The number of ether oxygens (including phenoxy) is 1. The van der Waals surface area contributed by atoms with Gasteiger partial charge in [-0.05, 0) is 49.4 Å². The summed E-state index contributed by atoms with van der Waals surface area (Å²) < 4.78 is 33.0. The van der Waals surface area contributed by atoms with Gasteiger partial charge in [-0.2, -0.15) is 0 Å². The van der Waals surface area contributed by atoms with Crippen molar-refractivity contribution in [2.75, 3.05) is 0 Å². The molecule has 0 saturated carbocycles. The van der Waals surface area contributed by atoms with Gasteiger partial charge < -0.3 is 4.74 Å². The molecule has 0 spiro atoms. The second-order valence-electron chi connectivity index (χ2n) is 5.99. The monoisotopic (exact) mass is 437 g/mol. The van der Waals surface area contributed by atoms with Crippen molar-refractivity contribution in [2.45, 2.75) is 13.5 Å². The van der Waals surface area contributed by atoms with Gasteiger partial charge in [0.25, 0.3) is 0 Å². The van der Waals surface area contributed by atoms with E-state index in [9.17, 15) is 14.0 Å². The lowest BCUT2D eigenvalue weighted by atomic mass is 10.2. The minimum absolute atomic E-state index is 0.0261. The molecule has 9 heteroatoms. The van der Waals surface area contributed by atoms with Crippen LogP contribution >= 0.6 is 23.2 Å². The van der Waals surface area contributed by atoms with Crippen LogP contribution in [0, 0.1) is 18.6 Å². The number of hydroxylamine groups is 1. The van der Waals surface area contributed by atoms with E-state index in [0.717, 1.165) is 18.2 Å². The second-order valence-corrected chi connectivity index (χ2v) is 6.84. The highest BCUT2D eigenvalue weighted by atomic mass is 35.5. The van der Waals surface area contributed by atoms with Gasteiger partial charge in [-0.1, -0.05) is 23.2 Å². The van der Waals surface area contributed by atoms with Gasteiger partial charge in [0, 0.05) is 22.3 Å². The minimum atomic E-state index is -0.614. The lowest BCUT2D eigenvalue weighted by Gasteiger charge is -2.13. The third-order valence-electron chi connectivity index (χ3n) is 3.88. The molecule has 0 atom stereocenters. The van der Waals surface area contributed by atoms with Gasteiger partial charge in [0.2, 0.25) is 5.88 Å². The van der Waals surface area contributed by atoms with E-state index in [-0.39, 0.29) is 35.1 Å². The third-order valence-corrected chi connectivity index (χ3v) is 4.42. The number of nitrogens with one attached hydrogen (secondary N) is 1. The smallest absolute Gasteiger partial charge is 0.230 e. The van der Waals surface area contributed by atoms with E-state index < -0.39 is 11.6 Å². The summed E-state index contributed by atoms with van der Waals surface area (Å²) in [5.41, 5.74) is 2.89. The summed E-state index contributed by atoms with van der Waals surface area (Å²) in [7, 11) is 0. The number of pyridine rings is 1. The molecule has 0 aliphatic heterocycles. The first kappa shape index (κ1) is 21.0. The van der Waals surface area contributed by atoms with Crippen LogP contribution in [0.25, 0.3) is 0 Å². The van der Waals surface area contributed by atoms with E-state index >= 15 is 0 Å². The second kappa shape index (κ2) is 9.17. The molecule has 150 valence electrons. The van der Waals surface area contributed by atoms with Gasteiger partial charge in [-0.15, -0.1) is 0 Å². The molecular formula is C20H15Cl2F2N3O2. The van der Waals surface area contributed by atoms with Crippen molar-refractivity contribution < 1.29 is 18.7 Å². The minimum Gasteiger partial charge on any atom is -0.437 e. The maximum atomic E-state index is 13.8. The Kier molecular flexibility index (Phi) is 6.64. The maximum absolute atomic E-state index is 13.8. The topological polar surface area (TPSA) is 66.7 Å². The largest absolute Gasteiger partial charge is 0.437 e. The number of aryl methyl sites for hydroxylation is 1. The van der Waals surface area contributed by atoms with E-state index in [1.165, 1.54) is 6.07 Å². The molecule has 0 aliphatic carbocycles. The van der Waals surface area contributed by atoms with Crippen molar-refractivity contribution >= 4 is 29.0 Å². The summed E-state index contributed by atoms with van der Waals surface area (Å²) in [5.74, 6) is -0.904. The Morgan fingerprint density at radius 1 is 1.14 bits per heavy atom. The van der Waals surface area contributed by atoms with Crippen molar-refractivity contribution in [3.05, 3.63) is 87.0 Å². The molecule has 0 amide bonds. The summed E-state index contributed by atoms with van der Waals surface area (Å²) in [4.78, 5) is 8.43. The van der Waals surface area contributed by atoms with Gasteiger partial charge >= 0.3 is 0 Å². The molecule has 0 bridgehead atoms. The maximum Gasteiger partial charge on any atom is 0.230 e. The highest BCUT2D eigenvalue weighted by molar-refractivity contribution is 6.34. The standard InChI is InChI=1S/C20H15Cl2F2N3O2/c1-11-2-5-15(20(26-11)29-18-9-13(21)3-6-16(18)22)19(27-28)25-10-12-8-14(23)4-7-17(12)24/h2-9,28H,10H2,1H3,(H,25,27). The molecule has 0 unspecified atom stereocenters. The predicted octanol–water partition coefficient (Wildman–Crippen LogP) is 5.69. The molecule has 1 aromatic heterocycles. The van der Waals surface area contributed by atoms with Crippen molar-refractivity contribution in [1.82, 2.24) is 10.5 Å². The number of aromatic nitrogens is 1. The molecule has 0 fully saturated rings. The van der Waals surface area contributed by atoms with Gasteiger partial charge in [0.1, 0.15) is 17.4 Å². The molecule has 2 N–H and O–H groups in total. The Balaban J connectivity index is 1.97. The fraction of sp³-hybridized carbons (Fsp3) is 0.100. The average Bonchev–Trinajstić information content (AvgIpc) is 2.69. The number of amidine groups is 1. The van der Waals surface area contributed by atoms with Crippen molar-refractivity contribution in [2.24, 2.45) is 4.99 Å². The highest BCUT2D eigenvalue weighted by Gasteiger charge is 2.15. The zero-order valence-corrected chi connectivity index (χ0v) is 16.6. The number of hydrogen-bond acceptors (Lipinski definition) is 4. The van der Waals surface area contributed by atoms with Crippen molar-refractivity contribution in [3.63, 3.8) is 0 Å². The predicted molar refractivity (Wildman–Crippen MR) is 107 cm³/mol. The molecule has 1 heterocycles. The Bertz CT molecular complexity index is 1080. The number of benzene rings is 2. The summed E-state index contributed by atoms with van der Waals surface area (Å²) in [6.07, 6.45) is 0. The number of halogens is 4. The molecule has 3 rings (SSSR count). The summed E-state index contributed by atoms with van der Waals surface area (Å²) >= 11 is 12.1. The number of nitrogens with zero attached hydrogens (tertiary/aromatic N) is 2. The molecule has 5 nitrogen and oxygen atoms in total. The molecule has 0 aliphatic rings. The summed E-state index contributed by atoms with van der Waals surface area (Å²) in [6.45, 7) is 1.53. The van der Waals surface area contributed by atoms with Gasteiger partial charge in [-0.25, -0.2) is 13.8 Å². The van der Waals surface area contributed by atoms with Crippen LogP contribution in [-0.2, 0) is 6.54 Å². The lowest BCUT2D eigenvalue weighted by molar-refractivity contribution is 0.234. The first-order valence-corrected chi connectivity index (χ1v) is 9.12. The molecular weight excluding hydrogens is 423 g/mol. The summed E-state index contributed by atoms with van der Waals surface area (Å²) in [5, 5.41) is 10.3. The van der Waals surface area contributed by atoms with E-state index in [4.69, 9.17) is 27.9 Å². The summed E-state index contributed by atoms with van der Waals surface area (Å²) in [6, 6.07) is 11.0. The molecule has 0 radical (unpaired) electrons. The van der Waals surface area contributed by atoms with Crippen LogP contribution in [0.15, 0.2) is 53.5 Å². The lowest BCUT2D eigenvalue weighted by Crippen LogP contribution is -2.22. The van der Waals surface area contributed by atoms with Crippen LogP contribution in [0.4, 0.5) is 8.78 Å². The molecule has 0 saturated heterocycles. The van der Waals surface area contributed by atoms with Crippen LogP contribution in [-0.4, -0.2) is 16.0 Å². The number of hydrogen-bond donors (Lipinski definition) is 2.